The number of pyridine rings is 1. The number of carbonyl (C=O) groups is 1. The number of aromatic nitrogens is 6. The molecule has 5 heterocycles. The first kappa shape index (κ1) is 31.8. The molecule has 1 atom stereocenters. The predicted octanol–water partition coefficient (Wildman–Crippen LogP) is 4.63. The fourth-order valence-corrected chi connectivity index (χ4v) is 6.27. The lowest BCUT2D eigenvalue weighted by molar-refractivity contribution is -0.145. The van der Waals surface area contributed by atoms with Crippen LogP contribution in [-0.4, -0.2) is 79.2 Å². The molecule has 3 aromatic heterocycles. The lowest BCUT2D eigenvalue weighted by Gasteiger charge is -2.37. The van der Waals surface area contributed by atoms with Gasteiger partial charge in [0.15, 0.2) is 0 Å². The quantitative estimate of drug-likeness (QED) is 0.274. The van der Waals surface area contributed by atoms with E-state index in [1.54, 1.807) is 33.7 Å². The Labute approximate surface area is 263 Å². The van der Waals surface area contributed by atoms with Crippen LogP contribution >= 0.6 is 11.6 Å². The number of likely N-dealkylation sites (tertiary alicyclic amines) is 1. The van der Waals surface area contributed by atoms with E-state index in [-0.39, 0.29) is 47.5 Å². The van der Waals surface area contributed by atoms with Crippen molar-refractivity contribution in [2.45, 2.75) is 49.9 Å². The minimum Gasteiger partial charge on any atom is -0.356 e. The third-order valence-electron chi connectivity index (χ3n) is 8.53. The molecular weight excluding hydrogens is 637 g/mol. The van der Waals surface area contributed by atoms with Gasteiger partial charge in [-0.15, -0.1) is 0 Å². The molecule has 2 aliphatic rings. The van der Waals surface area contributed by atoms with E-state index in [1.807, 2.05) is 0 Å². The average molecular weight is 666 g/mol. The second-order valence-electron chi connectivity index (χ2n) is 11.4. The van der Waals surface area contributed by atoms with E-state index in [0.717, 1.165) is 12.4 Å². The normalized spacial score (nSPS) is 18.5. The molecular formula is C29H29ClF5N9O2. The van der Waals surface area contributed by atoms with Crippen LogP contribution in [-0.2, 0) is 6.18 Å². The number of anilines is 1. The lowest BCUT2D eigenvalue weighted by Crippen LogP contribution is -2.45. The molecule has 0 radical (unpaired) electrons. The minimum atomic E-state index is -4.74. The van der Waals surface area contributed by atoms with Crippen molar-refractivity contribution in [2.75, 3.05) is 37.6 Å². The third-order valence-corrected chi connectivity index (χ3v) is 8.84. The number of halogens is 6. The first-order valence-corrected chi connectivity index (χ1v) is 15.0. The molecule has 1 aromatic carbocycles. The Morgan fingerprint density at radius 1 is 1.07 bits per heavy atom. The molecule has 2 saturated heterocycles. The Morgan fingerprint density at radius 3 is 2.39 bits per heavy atom. The van der Waals surface area contributed by atoms with E-state index in [9.17, 15) is 31.5 Å². The Morgan fingerprint density at radius 2 is 1.76 bits per heavy atom. The third kappa shape index (κ3) is 6.67. The highest BCUT2D eigenvalue weighted by Crippen LogP contribution is 2.34. The van der Waals surface area contributed by atoms with Gasteiger partial charge in [0.1, 0.15) is 12.1 Å². The van der Waals surface area contributed by atoms with E-state index < -0.39 is 42.7 Å². The van der Waals surface area contributed by atoms with E-state index in [4.69, 9.17) is 16.6 Å². The Hall–Kier alpha value is -4.18. The number of hydrogen-bond acceptors (Lipinski definition) is 8. The molecule has 46 heavy (non-hydrogen) atoms. The molecule has 0 saturated carbocycles. The van der Waals surface area contributed by atoms with E-state index >= 15 is 0 Å². The van der Waals surface area contributed by atoms with E-state index in [1.165, 1.54) is 6.33 Å². The van der Waals surface area contributed by atoms with E-state index in [0.29, 0.717) is 42.7 Å². The molecule has 244 valence electrons. The van der Waals surface area contributed by atoms with Crippen LogP contribution in [0, 0.1) is 0 Å². The maximum Gasteiger partial charge on any atom is 0.451 e. The van der Waals surface area contributed by atoms with Crippen molar-refractivity contribution in [3.8, 4) is 0 Å². The first-order valence-electron chi connectivity index (χ1n) is 14.6. The molecule has 0 bridgehead atoms. The summed E-state index contributed by atoms with van der Waals surface area (Å²) in [6.07, 6.45) is -0.661. The van der Waals surface area contributed by atoms with Crippen LogP contribution in [0.15, 0.2) is 47.8 Å². The summed E-state index contributed by atoms with van der Waals surface area (Å²) in [6.45, 7) is 1.11. The summed E-state index contributed by atoms with van der Waals surface area (Å²) in [5, 5.41) is 9.65. The van der Waals surface area contributed by atoms with Gasteiger partial charge in [-0.3, -0.25) is 14.3 Å². The Kier molecular flexibility index (Phi) is 8.67. The Balaban J connectivity index is 1.19. The maximum atomic E-state index is 13.9. The number of alkyl halides is 5. The van der Waals surface area contributed by atoms with Gasteiger partial charge in [-0.1, -0.05) is 11.6 Å². The van der Waals surface area contributed by atoms with Gasteiger partial charge >= 0.3 is 11.9 Å². The van der Waals surface area contributed by atoms with Gasteiger partial charge in [-0.25, -0.2) is 33.6 Å². The number of piperidine rings is 2. The van der Waals surface area contributed by atoms with Gasteiger partial charge < -0.3 is 10.2 Å². The van der Waals surface area contributed by atoms with Gasteiger partial charge in [-0.2, -0.15) is 18.3 Å². The number of rotatable bonds is 7. The zero-order chi connectivity index (χ0) is 32.6. The van der Waals surface area contributed by atoms with Gasteiger partial charge in [0.2, 0.25) is 5.82 Å². The largest absolute Gasteiger partial charge is 0.451 e. The summed E-state index contributed by atoms with van der Waals surface area (Å²) in [6, 6.07) is 6.06. The zero-order valence-electron chi connectivity index (χ0n) is 24.3. The number of aromatic amines is 1. The summed E-state index contributed by atoms with van der Waals surface area (Å²) in [5.41, 5.74) is 0.673. The molecule has 1 unspecified atom stereocenters. The first-order chi connectivity index (χ1) is 21.9. The van der Waals surface area contributed by atoms with Crippen LogP contribution in [0.4, 0.5) is 27.8 Å². The summed E-state index contributed by atoms with van der Waals surface area (Å²) in [4.78, 5) is 40.9. The molecule has 2 aliphatic heterocycles. The van der Waals surface area contributed by atoms with Gasteiger partial charge in [0.05, 0.1) is 22.1 Å². The predicted molar refractivity (Wildman–Crippen MR) is 158 cm³/mol. The van der Waals surface area contributed by atoms with Crippen molar-refractivity contribution in [1.29, 1.82) is 0 Å². The SMILES string of the molecule is O=C(NCC(c1cnc(C(F)(F)F)nc1)N1CCC(F)(F)CC1)c1c(Cl)ccc2nc(N3CCC(n4cn[nH]c4=O)CC3)ccc12. The zero-order valence-corrected chi connectivity index (χ0v) is 25.0. The highest BCUT2D eigenvalue weighted by molar-refractivity contribution is 6.35. The van der Waals surface area contributed by atoms with Crippen LogP contribution in [0.25, 0.3) is 10.9 Å². The number of nitrogens with one attached hydrogen (secondary N) is 2. The molecule has 1 amide bonds. The number of carbonyl (C=O) groups excluding carboxylic acids is 1. The number of nitrogens with zero attached hydrogens (tertiary/aromatic N) is 7. The fraction of sp³-hybridized carbons (Fsp3) is 0.448. The monoisotopic (exact) mass is 665 g/mol. The standard InChI is InChI=1S/C29H29ClF5N9O2/c30-20-2-3-21-19(1-4-23(40-21)43-9-5-18(6-10-43)44-16-39-41-27(44)46)24(20)25(45)36-15-22(42-11-7-28(31,32)8-12-42)17-13-37-26(38-14-17)29(33,34)35/h1-4,13-14,16,18,22H,5-12,15H2,(H,36,45)(H,41,46). The highest BCUT2D eigenvalue weighted by atomic mass is 35.5. The highest BCUT2D eigenvalue weighted by Gasteiger charge is 2.38. The number of H-pyrrole nitrogens is 1. The van der Waals surface area contributed by atoms with Crippen LogP contribution in [0.2, 0.25) is 5.02 Å². The van der Waals surface area contributed by atoms with Crippen molar-refractivity contribution in [3.05, 3.63) is 75.4 Å². The number of fused-ring (bicyclic) bond motifs is 1. The molecule has 2 fully saturated rings. The molecule has 4 aromatic rings. The van der Waals surface area contributed by atoms with Gasteiger partial charge in [0.25, 0.3) is 11.8 Å². The summed E-state index contributed by atoms with van der Waals surface area (Å²) < 4.78 is 68.6. The second-order valence-corrected chi connectivity index (χ2v) is 11.8. The molecule has 6 rings (SSSR count). The van der Waals surface area contributed by atoms with Crippen LogP contribution in [0.3, 0.4) is 0 Å². The Bertz CT molecular complexity index is 1760. The van der Waals surface area contributed by atoms with Crippen molar-refractivity contribution >= 4 is 34.2 Å². The fourth-order valence-electron chi connectivity index (χ4n) is 6.02. The van der Waals surface area contributed by atoms with Crippen LogP contribution in [0.5, 0.6) is 0 Å². The average Bonchev–Trinajstić information content (AvgIpc) is 3.47. The molecule has 2 N–H and O–H groups in total. The molecule has 0 aliphatic carbocycles. The summed E-state index contributed by atoms with van der Waals surface area (Å²) >= 11 is 6.48. The van der Waals surface area contributed by atoms with Crippen molar-refractivity contribution in [2.24, 2.45) is 0 Å². The molecule has 11 nitrogen and oxygen atoms in total. The number of benzene rings is 1. The van der Waals surface area contributed by atoms with Crippen molar-refractivity contribution < 1.29 is 26.7 Å². The lowest BCUT2D eigenvalue weighted by atomic mass is 10.0. The maximum absolute atomic E-state index is 13.9. The van der Waals surface area contributed by atoms with E-state index in [2.05, 4.69) is 30.4 Å². The number of hydrogen-bond donors (Lipinski definition) is 2. The van der Waals surface area contributed by atoms with Crippen LogP contribution < -0.4 is 15.9 Å². The van der Waals surface area contributed by atoms with Crippen LogP contribution in [0.1, 0.15) is 59.5 Å². The minimum absolute atomic E-state index is 0.0245. The smallest absolute Gasteiger partial charge is 0.356 e. The summed E-state index contributed by atoms with van der Waals surface area (Å²) in [7, 11) is 0. The molecule has 17 heteroatoms. The summed E-state index contributed by atoms with van der Waals surface area (Å²) in [5.74, 6) is -4.03. The number of amides is 1. The second kappa shape index (κ2) is 12.5. The van der Waals surface area contributed by atoms with Crippen molar-refractivity contribution in [3.63, 3.8) is 0 Å². The molecule has 0 spiro atoms. The van der Waals surface area contributed by atoms with Gasteiger partial charge in [0, 0.05) is 75.0 Å². The van der Waals surface area contributed by atoms with Crippen molar-refractivity contribution in [1.82, 2.24) is 39.9 Å². The topological polar surface area (TPSA) is 125 Å². The van der Waals surface area contributed by atoms with Gasteiger partial charge in [-0.05, 0) is 37.1 Å².